The summed E-state index contributed by atoms with van der Waals surface area (Å²) in [7, 11) is 4.47. The Bertz CT molecular complexity index is 1210. The molecule has 0 aliphatic carbocycles. The first-order valence-corrected chi connectivity index (χ1v) is 10.2. The maximum absolute atomic E-state index is 12.4. The van der Waals surface area contributed by atoms with Crippen molar-refractivity contribution in [2.45, 2.75) is 0 Å². The van der Waals surface area contributed by atoms with Crippen LogP contribution in [0, 0.1) is 0 Å². The van der Waals surface area contributed by atoms with E-state index >= 15 is 0 Å². The Morgan fingerprint density at radius 1 is 0.765 bits per heavy atom. The fourth-order valence-corrected chi connectivity index (χ4v) is 2.93. The Morgan fingerprint density at radius 2 is 1.44 bits per heavy atom. The number of rotatable bonds is 9. The summed E-state index contributed by atoms with van der Waals surface area (Å²) in [5.74, 6) is 0.609. The molecule has 0 aliphatic heterocycles. The van der Waals surface area contributed by atoms with Crippen molar-refractivity contribution in [2.75, 3.05) is 21.3 Å². The van der Waals surface area contributed by atoms with E-state index < -0.39 is 11.9 Å². The van der Waals surface area contributed by atoms with Crippen LogP contribution in [0.2, 0.25) is 0 Å². The third-order valence-electron chi connectivity index (χ3n) is 4.64. The molecule has 1 N–H and O–H groups in total. The summed E-state index contributed by atoms with van der Waals surface area (Å²) in [6.45, 7) is 0. The average molecular weight is 460 g/mol. The minimum Gasteiger partial charge on any atom is -0.493 e. The molecule has 0 saturated heterocycles. The van der Waals surface area contributed by atoms with Crippen molar-refractivity contribution < 1.29 is 28.5 Å². The van der Waals surface area contributed by atoms with E-state index in [0.29, 0.717) is 28.4 Å². The molecule has 3 aromatic carbocycles. The standard InChI is InChI=1S/C26H24N2O6/c1-31-21-13-11-20(16-24(21)33-3)26(30)28-27-17-19-9-12-22(23(15-19)32-2)34-25(29)14-10-18-7-5-4-6-8-18/h4-17H,1-3H3,(H,28,30)/b14-10+,27-17+. The number of benzene rings is 3. The van der Waals surface area contributed by atoms with Crippen LogP contribution in [0.15, 0.2) is 77.9 Å². The highest BCUT2D eigenvalue weighted by Gasteiger charge is 2.11. The molecule has 1 amide bonds. The van der Waals surface area contributed by atoms with Crippen molar-refractivity contribution >= 4 is 24.2 Å². The van der Waals surface area contributed by atoms with Gasteiger partial charge in [0.15, 0.2) is 23.0 Å². The van der Waals surface area contributed by atoms with Gasteiger partial charge in [0.25, 0.3) is 5.91 Å². The molecule has 0 unspecified atom stereocenters. The van der Waals surface area contributed by atoms with Crippen molar-refractivity contribution in [2.24, 2.45) is 5.10 Å². The predicted octanol–water partition coefficient (Wildman–Crippen LogP) is 4.10. The van der Waals surface area contributed by atoms with Crippen LogP contribution in [0.1, 0.15) is 21.5 Å². The molecule has 0 heterocycles. The molecule has 0 spiro atoms. The Labute approximate surface area is 197 Å². The molecule has 3 aromatic rings. The van der Waals surface area contributed by atoms with Gasteiger partial charge in [-0.1, -0.05) is 30.3 Å². The third kappa shape index (κ3) is 6.46. The minimum absolute atomic E-state index is 0.261. The topological polar surface area (TPSA) is 95.5 Å². The summed E-state index contributed by atoms with van der Waals surface area (Å²) < 4.78 is 21.1. The van der Waals surface area contributed by atoms with Gasteiger partial charge in [-0.05, 0) is 53.6 Å². The molecule has 174 valence electrons. The van der Waals surface area contributed by atoms with Crippen LogP contribution in [0.3, 0.4) is 0 Å². The molecular weight excluding hydrogens is 436 g/mol. The number of nitrogens with one attached hydrogen (secondary N) is 1. The largest absolute Gasteiger partial charge is 0.493 e. The minimum atomic E-state index is -0.536. The van der Waals surface area contributed by atoms with Crippen molar-refractivity contribution in [3.63, 3.8) is 0 Å². The lowest BCUT2D eigenvalue weighted by Crippen LogP contribution is -2.17. The summed E-state index contributed by atoms with van der Waals surface area (Å²) in [6.07, 6.45) is 4.45. The second-order valence-corrected chi connectivity index (χ2v) is 6.84. The molecule has 0 fully saturated rings. The fraction of sp³-hybridized carbons (Fsp3) is 0.115. The molecular formula is C26H24N2O6. The number of methoxy groups -OCH3 is 3. The van der Waals surface area contributed by atoms with Gasteiger partial charge in [-0.3, -0.25) is 4.79 Å². The van der Waals surface area contributed by atoms with E-state index in [4.69, 9.17) is 18.9 Å². The second kappa shape index (κ2) is 11.9. The molecule has 0 saturated carbocycles. The molecule has 8 heteroatoms. The van der Waals surface area contributed by atoms with E-state index in [1.54, 1.807) is 42.5 Å². The summed E-state index contributed by atoms with van der Waals surface area (Å²) in [4.78, 5) is 24.5. The number of ether oxygens (including phenoxy) is 4. The summed E-state index contributed by atoms with van der Waals surface area (Å²) in [5, 5.41) is 3.97. The number of esters is 1. The second-order valence-electron chi connectivity index (χ2n) is 6.84. The van der Waals surface area contributed by atoms with Crippen LogP contribution < -0.4 is 24.4 Å². The highest BCUT2D eigenvalue weighted by molar-refractivity contribution is 5.95. The lowest BCUT2D eigenvalue weighted by atomic mass is 10.2. The summed E-state index contributed by atoms with van der Waals surface area (Å²) in [5.41, 5.74) is 4.32. The Balaban J connectivity index is 1.63. The van der Waals surface area contributed by atoms with E-state index in [1.807, 2.05) is 30.3 Å². The maximum Gasteiger partial charge on any atom is 0.336 e. The number of hydrazone groups is 1. The molecule has 3 rings (SSSR count). The van der Waals surface area contributed by atoms with Crippen LogP contribution in [0.4, 0.5) is 0 Å². The van der Waals surface area contributed by atoms with Gasteiger partial charge in [0.05, 0.1) is 27.5 Å². The zero-order valence-electron chi connectivity index (χ0n) is 19.0. The van der Waals surface area contributed by atoms with Gasteiger partial charge in [-0.2, -0.15) is 5.10 Å². The average Bonchev–Trinajstić information content (AvgIpc) is 2.88. The normalized spacial score (nSPS) is 10.8. The Hall–Kier alpha value is -4.59. The first-order chi connectivity index (χ1) is 16.5. The number of hydrogen-bond donors (Lipinski definition) is 1. The monoisotopic (exact) mass is 460 g/mol. The van der Waals surface area contributed by atoms with Crippen LogP contribution in [0.5, 0.6) is 23.0 Å². The van der Waals surface area contributed by atoms with Gasteiger partial charge in [0.1, 0.15) is 0 Å². The molecule has 0 aliphatic rings. The van der Waals surface area contributed by atoms with Gasteiger partial charge < -0.3 is 18.9 Å². The smallest absolute Gasteiger partial charge is 0.336 e. The van der Waals surface area contributed by atoms with Crippen molar-refractivity contribution in [3.05, 3.63) is 89.5 Å². The predicted molar refractivity (Wildman–Crippen MR) is 129 cm³/mol. The number of hydrogen-bond acceptors (Lipinski definition) is 7. The first-order valence-electron chi connectivity index (χ1n) is 10.2. The molecule has 0 bridgehead atoms. The quantitative estimate of drug-likeness (QED) is 0.170. The number of carbonyl (C=O) groups excluding carboxylic acids is 2. The van der Waals surface area contributed by atoms with E-state index in [2.05, 4.69) is 10.5 Å². The first kappa shape index (κ1) is 24.1. The zero-order chi connectivity index (χ0) is 24.3. The third-order valence-corrected chi connectivity index (χ3v) is 4.64. The lowest BCUT2D eigenvalue weighted by Gasteiger charge is -2.09. The number of carbonyl (C=O) groups is 2. The molecule has 0 aromatic heterocycles. The molecule has 34 heavy (non-hydrogen) atoms. The number of nitrogens with zero attached hydrogens (tertiary/aromatic N) is 1. The van der Waals surface area contributed by atoms with Crippen LogP contribution in [-0.2, 0) is 4.79 Å². The van der Waals surface area contributed by atoms with E-state index in [0.717, 1.165) is 5.56 Å². The zero-order valence-corrected chi connectivity index (χ0v) is 19.0. The summed E-state index contributed by atoms with van der Waals surface area (Å²) in [6, 6.07) is 19.1. The van der Waals surface area contributed by atoms with Crippen molar-refractivity contribution in [1.29, 1.82) is 0 Å². The Kier molecular flexibility index (Phi) is 8.40. The lowest BCUT2D eigenvalue weighted by molar-refractivity contribution is -0.129. The highest BCUT2D eigenvalue weighted by Crippen LogP contribution is 2.28. The van der Waals surface area contributed by atoms with Gasteiger partial charge >= 0.3 is 5.97 Å². The summed E-state index contributed by atoms with van der Waals surface area (Å²) >= 11 is 0. The van der Waals surface area contributed by atoms with Crippen LogP contribution in [0.25, 0.3) is 6.08 Å². The van der Waals surface area contributed by atoms with Gasteiger partial charge in [0.2, 0.25) is 0 Å². The van der Waals surface area contributed by atoms with E-state index in [-0.39, 0.29) is 5.75 Å². The van der Waals surface area contributed by atoms with E-state index in [9.17, 15) is 9.59 Å². The Morgan fingerprint density at radius 3 is 2.15 bits per heavy atom. The van der Waals surface area contributed by atoms with E-state index in [1.165, 1.54) is 33.6 Å². The van der Waals surface area contributed by atoms with Gasteiger partial charge in [-0.25, -0.2) is 10.2 Å². The number of amides is 1. The van der Waals surface area contributed by atoms with Crippen LogP contribution in [-0.4, -0.2) is 39.4 Å². The van der Waals surface area contributed by atoms with Gasteiger partial charge in [0, 0.05) is 11.6 Å². The molecule has 0 radical (unpaired) electrons. The SMILES string of the molecule is COc1ccc(C(=O)N/N=C/c2ccc(OC(=O)/C=C/c3ccccc3)c(OC)c2)cc1OC. The van der Waals surface area contributed by atoms with Crippen molar-refractivity contribution in [1.82, 2.24) is 5.43 Å². The molecule has 8 nitrogen and oxygen atoms in total. The fourth-order valence-electron chi connectivity index (χ4n) is 2.93. The van der Waals surface area contributed by atoms with Crippen LogP contribution >= 0.6 is 0 Å². The molecule has 0 atom stereocenters. The van der Waals surface area contributed by atoms with Crippen molar-refractivity contribution in [3.8, 4) is 23.0 Å². The maximum atomic E-state index is 12.4. The highest BCUT2D eigenvalue weighted by atomic mass is 16.6. The van der Waals surface area contributed by atoms with Gasteiger partial charge in [-0.15, -0.1) is 0 Å².